The highest BCUT2D eigenvalue weighted by Crippen LogP contribution is 2.29. The van der Waals surface area contributed by atoms with Crippen LogP contribution in [0.25, 0.3) is 10.9 Å². The first-order valence-corrected chi connectivity index (χ1v) is 12.0. The first-order chi connectivity index (χ1) is 16.9. The Bertz CT molecular complexity index is 1350. The lowest BCUT2D eigenvalue weighted by atomic mass is 10.1. The van der Waals surface area contributed by atoms with E-state index in [2.05, 4.69) is 52.9 Å². The predicted octanol–water partition coefficient (Wildman–Crippen LogP) is 5.49. The Kier molecular flexibility index (Phi) is 6.31. The number of benzene rings is 3. The summed E-state index contributed by atoms with van der Waals surface area (Å²) in [5.41, 5.74) is 4.02. The Hall–Kier alpha value is -3.64. The number of aromatic nitrogens is 1. The number of hydrogen-bond acceptors (Lipinski definition) is 3. The summed E-state index contributed by atoms with van der Waals surface area (Å²) in [5, 5.41) is 1.21. The third-order valence-corrected chi connectivity index (χ3v) is 7.09. The SMILES string of the molecule is CN(C(=O)c1ccc(Cn2ccc3ccccc32)cc1)c1ccc(N2CCC(N(C)C)C2)c(F)c1.[HH]. The van der Waals surface area contributed by atoms with Crippen molar-refractivity contribution in [2.75, 3.05) is 44.0 Å². The van der Waals surface area contributed by atoms with Crippen LogP contribution < -0.4 is 9.80 Å². The Morgan fingerprint density at radius 2 is 1.80 bits per heavy atom. The normalized spacial score (nSPS) is 15.8. The van der Waals surface area contributed by atoms with Gasteiger partial charge < -0.3 is 19.3 Å². The second-order valence-corrected chi connectivity index (χ2v) is 9.55. The number of anilines is 2. The van der Waals surface area contributed by atoms with E-state index >= 15 is 4.39 Å². The van der Waals surface area contributed by atoms with Gasteiger partial charge in [-0.1, -0.05) is 30.3 Å². The number of halogens is 1. The van der Waals surface area contributed by atoms with Crippen LogP contribution in [0.3, 0.4) is 0 Å². The van der Waals surface area contributed by atoms with Gasteiger partial charge in [-0.05, 0) is 73.9 Å². The molecule has 1 aromatic heterocycles. The zero-order valence-corrected chi connectivity index (χ0v) is 20.5. The van der Waals surface area contributed by atoms with Crippen LogP contribution in [-0.4, -0.2) is 55.6 Å². The summed E-state index contributed by atoms with van der Waals surface area (Å²) in [5.74, 6) is -0.459. The van der Waals surface area contributed by atoms with Crippen LogP contribution >= 0.6 is 0 Å². The average Bonchev–Trinajstić information content (AvgIpc) is 3.52. The van der Waals surface area contributed by atoms with E-state index in [1.54, 1.807) is 13.1 Å². The molecule has 5 nitrogen and oxygen atoms in total. The molecule has 0 saturated carbocycles. The predicted molar refractivity (Wildman–Crippen MR) is 143 cm³/mol. The number of nitrogens with zero attached hydrogens (tertiary/aromatic N) is 4. The van der Waals surface area contributed by atoms with Crippen molar-refractivity contribution in [1.29, 1.82) is 0 Å². The highest BCUT2D eigenvalue weighted by atomic mass is 19.1. The summed E-state index contributed by atoms with van der Waals surface area (Å²) in [4.78, 5) is 18.9. The molecule has 6 heteroatoms. The lowest BCUT2D eigenvalue weighted by Crippen LogP contribution is -2.31. The molecule has 1 saturated heterocycles. The maximum Gasteiger partial charge on any atom is 0.258 e. The minimum absolute atomic E-state index is 0. The van der Waals surface area contributed by atoms with Crippen molar-refractivity contribution in [2.24, 2.45) is 0 Å². The van der Waals surface area contributed by atoms with Gasteiger partial charge in [0.2, 0.25) is 0 Å². The number of likely N-dealkylation sites (N-methyl/N-ethyl adjacent to an activating group) is 1. The van der Waals surface area contributed by atoms with Crippen molar-refractivity contribution >= 4 is 28.2 Å². The molecule has 1 aliphatic heterocycles. The van der Waals surface area contributed by atoms with Crippen LogP contribution in [0.1, 0.15) is 23.8 Å². The molecule has 3 aromatic carbocycles. The van der Waals surface area contributed by atoms with Crippen molar-refractivity contribution in [1.82, 2.24) is 9.47 Å². The van der Waals surface area contributed by atoms with E-state index in [0.29, 0.717) is 23.0 Å². The second-order valence-electron chi connectivity index (χ2n) is 9.55. The van der Waals surface area contributed by atoms with Crippen molar-refractivity contribution < 1.29 is 10.6 Å². The van der Waals surface area contributed by atoms with Crippen LogP contribution in [0.2, 0.25) is 0 Å². The molecule has 1 atom stereocenters. The fourth-order valence-corrected chi connectivity index (χ4v) is 4.88. The number of rotatable bonds is 6. The van der Waals surface area contributed by atoms with Gasteiger partial charge in [0.25, 0.3) is 5.91 Å². The number of amides is 1. The zero-order valence-electron chi connectivity index (χ0n) is 20.5. The largest absolute Gasteiger partial charge is 0.368 e. The van der Waals surface area contributed by atoms with Crippen LogP contribution in [0, 0.1) is 5.82 Å². The summed E-state index contributed by atoms with van der Waals surface area (Å²) in [6.45, 7) is 2.37. The third-order valence-electron chi connectivity index (χ3n) is 7.09. The van der Waals surface area contributed by atoms with Crippen LogP contribution in [0.4, 0.5) is 15.8 Å². The molecule has 0 N–H and O–H groups in total. The average molecular weight is 473 g/mol. The van der Waals surface area contributed by atoms with Crippen LogP contribution in [-0.2, 0) is 6.54 Å². The summed E-state index contributed by atoms with van der Waals surface area (Å²) >= 11 is 0. The van der Waals surface area contributed by atoms with Crippen molar-refractivity contribution in [3.05, 3.63) is 95.9 Å². The molecule has 0 spiro atoms. The highest BCUT2D eigenvalue weighted by Gasteiger charge is 2.26. The molecule has 1 fully saturated rings. The van der Waals surface area contributed by atoms with E-state index in [0.717, 1.165) is 31.6 Å². The van der Waals surface area contributed by atoms with Gasteiger partial charge in [0, 0.05) is 57.1 Å². The molecule has 1 amide bonds. The van der Waals surface area contributed by atoms with Crippen LogP contribution in [0.15, 0.2) is 79.0 Å². The van der Waals surface area contributed by atoms with Gasteiger partial charge in [-0.25, -0.2) is 4.39 Å². The number of carbonyl (C=O) groups is 1. The second kappa shape index (κ2) is 9.55. The van der Waals surface area contributed by atoms with Gasteiger partial charge in [0.1, 0.15) is 5.82 Å². The van der Waals surface area contributed by atoms with Crippen LogP contribution in [0.5, 0.6) is 0 Å². The minimum atomic E-state index is -0.296. The molecule has 182 valence electrons. The number of carbonyl (C=O) groups excluding carboxylic acids is 1. The maximum absolute atomic E-state index is 15.0. The van der Waals surface area contributed by atoms with Crippen molar-refractivity contribution in [2.45, 2.75) is 19.0 Å². The molecule has 0 bridgehead atoms. The molecule has 5 rings (SSSR count). The molecule has 2 heterocycles. The van der Waals surface area contributed by atoms with Crippen molar-refractivity contribution in [3.63, 3.8) is 0 Å². The summed E-state index contributed by atoms with van der Waals surface area (Å²) < 4.78 is 17.2. The Labute approximate surface area is 207 Å². The molecule has 1 aliphatic rings. The fraction of sp³-hybridized carbons (Fsp3) is 0.276. The lowest BCUT2D eigenvalue weighted by Gasteiger charge is -2.24. The molecule has 35 heavy (non-hydrogen) atoms. The number of fused-ring (bicyclic) bond motifs is 1. The van der Waals surface area contributed by atoms with Gasteiger partial charge >= 0.3 is 0 Å². The first-order valence-electron chi connectivity index (χ1n) is 12.0. The Morgan fingerprint density at radius 1 is 1.03 bits per heavy atom. The third kappa shape index (κ3) is 4.66. The molecule has 0 aliphatic carbocycles. The van der Waals surface area contributed by atoms with Gasteiger partial charge in [-0.15, -0.1) is 0 Å². The van der Waals surface area contributed by atoms with Gasteiger partial charge in [0.05, 0.1) is 5.69 Å². The van der Waals surface area contributed by atoms with Gasteiger partial charge in [-0.2, -0.15) is 0 Å². The Morgan fingerprint density at radius 3 is 2.51 bits per heavy atom. The minimum Gasteiger partial charge on any atom is -0.368 e. The van der Waals surface area contributed by atoms with E-state index in [9.17, 15) is 4.79 Å². The number of hydrogen-bond donors (Lipinski definition) is 0. The summed E-state index contributed by atoms with van der Waals surface area (Å²) in [6, 6.07) is 23.5. The highest BCUT2D eigenvalue weighted by molar-refractivity contribution is 6.05. The van der Waals surface area contributed by atoms with Gasteiger partial charge in [-0.3, -0.25) is 4.79 Å². The van der Waals surface area contributed by atoms with E-state index in [4.69, 9.17) is 0 Å². The van der Waals surface area contributed by atoms with Crippen molar-refractivity contribution in [3.8, 4) is 0 Å². The number of para-hydroxylation sites is 1. The molecule has 0 radical (unpaired) electrons. The first kappa shape index (κ1) is 23.1. The lowest BCUT2D eigenvalue weighted by molar-refractivity contribution is 0.0993. The zero-order chi connectivity index (χ0) is 24.5. The smallest absolute Gasteiger partial charge is 0.258 e. The summed E-state index contributed by atoms with van der Waals surface area (Å²) in [7, 11) is 5.81. The molecular weight excluding hydrogens is 439 g/mol. The topological polar surface area (TPSA) is 31.7 Å². The van der Waals surface area contributed by atoms with E-state index in [1.807, 2.05) is 42.5 Å². The Balaban J connectivity index is 0.00000304. The summed E-state index contributed by atoms with van der Waals surface area (Å²) in [6.07, 6.45) is 3.10. The molecular formula is C29H33FN4O. The van der Waals surface area contributed by atoms with Gasteiger partial charge in [0.15, 0.2) is 0 Å². The molecule has 4 aromatic rings. The van der Waals surface area contributed by atoms with E-state index < -0.39 is 0 Å². The van der Waals surface area contributed by atoms with E-state index in [-0.39, 0.29) is 13.2 Å². The monoisotopic (exact) mass is 472 g/mol. The quantitative estimate of drug-likeness (QED) is 0.372. The fourth-order valence-electron chi connectivity index (χ4n) is 4.88. The molecule has 1 unspecified atom stereocenters. The standard InChI is InChI=1S/C29H31FN4O.H2/c1-31(2)25-15-17-34(20-25)28-13-12-24(18-26(28)30)32(3)29(35)23-10-8-21(9-11-23)19-33-16-14-22-6-4-5-7-27(22)33;/h4-14,16,18,25H,15,17,19-20H2,1-3H3;1H. The van der Waals surface area contributed by atoms with E-state index in [1.165, 1.54) is 21.9 Å². The maximum atomic E-state index is 15.0.